The Morgan fingerprint density at radius 1 is 1.41 bits per heavy atom. The van der Waals surface area contributed by atoms with Crippen molar-refractivity contribution in [1.29, 1.82) is 0 Å². The van der Waals surface area contributed by atoms with Crippen LogP contribution in [0.5, 0.6) is 0 Å². The van der Waals surface area contributed by atoms with Crippen molar-refractivity contribution in [3.8, 4) is 0 Å². The summed E-state index contributed by atoms with van der Waals surface area (Å²) < 4.78 is 1.16. The first-order valence-corrected chi connectivity index (χ1v) is 7.04. The van der Waals surface area contributed by atoms with E-state index in [1.807, 2.05) is 7.05 Å². The van der Waals surface area contributed by atoms with E-state index in [-0.39, 0.29) is 5.54 Å². The Labute approximate surface area is 113 Å². The maximum atomic E-state index is 3.58. The lowest BCUT2D eigenvalue weighted by atomic mass is 10.0. The van der Waals surface area contributed by atoms with Crippen LogP contribution in [0.1, 0.15) is 32.3 Å². The third-order valence-corrected chi connectivity index (χ3v) is 4.10. The summed E-state index contributed by atoms with van der Waals surface area (Å²) in [6.07, 6.45) is 2.57. The van der Waals surface area contributed by atoms with Gasteiger partial charge in [-0.2, -0.15) is 0 Å². The van der Waals surface area contributed by atoms with E-state index in [0.29, 0.717) is 0 Å². The van der Waals surface area contributed by atoms with Crippen LogP contribution in [0.3, 0.4) is 0 Å². The standard InChI is InChI=1S/C14H21BrN2/c1-14(2)7-4-8-17(14)13-9-12(15)6-5-11(13)10-16-3/h5-6,9,16H,4,7-8,10H2,1-3H3. The Hall–Kier alpha value is -0.540. The summed E-state index contributed by atoms with van der Waals surface area (Å²) in [5.74, 6) is 0. The quantitative estimate of drug-likeness (QED) is 0.918. The molecule has 0 atom stereocenters. The molecule has 3 heteroatoms. The first kappa shape index (κ1) is 12.9. The zero-order valence-electron chi connectivity index (χ0n) is 10.9. The zero-order valence-corrected chi connectivity index (χ0v) is 12.5. The van der Waals surface area contributed by atoms with Gasteiger partial charge in [-0.3, -0.25) is 0 Å². The lowest BCUT2D eigenvalue weighted by molar-refractivity contribution is 0.516. The molecule has 1 aromatic rings. The fraction of sp³-hybridized carbons (Fsp3) is 0.571. The highest BCUT2D eigenvalue weighted by atomic mass is 79.9. The number of anilines is 1. The number of hydrogen-bond donors (Lipinski definition) is 1. The molecule has 94 valence electrons. The van der Waals surface area contributed by atoms with Crippen LogP contribution in [-0.2, 0) is 6.54 Å². The van der Waals surface area contributed by atoms with Crippen molar-refractivity contribution in [2.45, 2.75) is 38.8 Å². The molecule has 0 aromatic heterocycles. The van der Waals surface area contributed by atoms with Gasteiger partial charge in [-0.25, -0.2) is 0 Å². The predicted molar refractivity (Wildman–Crippen MR) is 77.6 cm³/mol. The molecule has 2 rings (SSSR count). The van der Waals surface area contributed by atoms with Gasteiger partial charge in [-0.15, -0.1) is 0 Å². The highest BCUT2D eigenvalue weighted by Crippen LogP contribution is 2.36. The minimum absolute atomic E-state index is 0.281. The second kappa shape index (κ2) is 4.99. The van der Waals surface area contributed by atoms with E-state index in [9.17, 15) is 0 Å². The molecule has 0 spiro atoms. The fourth-order valence-electron chi connectivity index (χ4n) is 2.68. The molecule has 1 saturated heterocycles. The number of rotatable bonds is 3. The van der Waals surface area contributed by atoms with Gasteiger partial charge in [0.15, 0.2) is 0 Å². The third-order valence-electron chi connectivity index (χ3n) is 3.61. The van der Waals surface area contributed by atoms with Gasteiger partial charge in [0.1, 0.15) is 0 Å². The van der Waals surface area contributed by atoms with E-state index in [0.717, 1.165) is 11.0 Å². The third kappa shape index (κ3) is 2.66. The molecular weight excluding hydrogens is 276 g/mol. The molecule has 0 amide bonds. The van der Waals surface area contributed by atoms with E-state index in [1.54, 1.807) is 0 Å². The van der Waals surface area contributed by atoms with Crippen molar-refractivity contribution in [3.63, 3.8) is 0 Å². The van der Waals surface area contributed by atoms with Gasteiger partial charge in [-0.05, 0) is 51.4 Å². The van der Waals surface area contributed by atoms with Crippen LogP contribution in [0.4, 0.5) is 5.69 Å². The smallest absolute Gasteiger partial charge is 0.0427 e. The monoisotopic (exact) mass is 296 g/mol. The summed E-state index contributed by atoms with van der Waals surface area (Å²) in [4.78, 5) is 2.55. The molecule has 0 saturated carbocycles. The van der Waals surface area contributed by atoms with E-state index in [1.165, 1.54) is 30.6 Å². The molecular formula is C14H21BrN2. The maximum absolute atomic E-state index is 3.58. The van der Waals surface area contributed by atoms with Crippen molar-refractivity contribution in [2.75, 3.05) is 18.5 Å². The van der Waals surface area contributed by atoms with Crippen LogP contribution < -0.4 is 10.2 Å². The summed E-state index contributed by atoms with van der Waals surface area (Å²) in [6.45, 7) is 6.77. The molecule has 0 radical (unpaired) electrons. The van der Waals surface area contributed by atoms with Gasteiger partial charge in [0.2, 0.25) is 0 Å². The molecule has 1 aliphatic rings. The first-order chi connectivity index (χ1) is 8.04. The lowest BCUT2D eigenvalue weighted by Gasteiger charge is -2.35. The van der Waals surface area contributed by atoms with Crippen molar-refractivity contribution in [1.82, 2.24) is 5.32 Å². The molecule has 1 aromatic carbocycles. The summed E-state index contributed by atoms with van der Waals surface area (Å²) in [7, 11) is 2.00. The minimum Gasteiger partial charge on any atom is -0.366 e. The SMILES string of the molecule is CNCc1ccc(Br)cc1N1CCCC1(C)C. The average Bonchev–Trinajstić information content (AvgIpc) is 2.61. The Kier molecular flexibility index (Phi) is 3.79. The number of nitrogens with one attached hydrogen (secondary N) is 1. The van der Waals surface area contributed by atoms with E-state index in [2.05, 4.69) is 58.2 Å². The number of halogens is 1. The summed E-state index contributed by atoms with van der Waals surface area (Å²) >= 11 is 3.58. The van der Waals surface area contributed by atoms with Gasteiger partial charge >= 0.3 is 0 Å². The zero-order chi connectivity index (χ0) is 12.5. The largest absolute Gasteiger partial charge is 0.366 e. The maximum Gasteiger partial charge on any atom is 0.0427 e. The number of benzene rings is 1. The summed E-state index contributed by atoms with van der Waals surface area (Å²) in [5.41, 5.74) is 3.03. The Bertz CT molecular complexity index is 401. The highest BCUT2D eigenvalue weighted by Gasteiger charge is 2.32. The normalized spacial score (nSPS) is 18.7. The van der Waals surface area contributed by atoms with Crippen molar-refractivity contribution < 1.29 is 0 Å². The molecule has 0 unspecified atom stereocenters. The van der Waals surface area contributed by atoms with Crippen LogP contribution in [0.25, 0.3) is 0 Å². The van der Waals surface area contributed by atoms with E-state index >= 15 is 0 Å². The van der Waals surface area contributed by atoms with Crippen LogP contribution in [0, 0.1) is 0 Å². The topological polar surface area (TPSA) is 15.3 Å². The summed E-state index contributed by atoms with van der Waals surface area (Å²) in [6, 6.07) is 6.59. The Morgan fingerprint density at radius 2 is 2.18 bits per heavy atom. The molecule has 17 heavy (non-hydrogen) atoms. The van der Waals surface area contributed by atoms with Crippen molar-refractivity contribution in [2.24, 2.45) is 0 Å². The van der Waals surface area contributed by atoms with Gasteiger partial charge < -0.3 is 10.2 Å². The molecule has 2 nitrogen and oxygen atoms in total. The van der Waals surface area contributed by atoms with Crippen LogP contribution in [0.2, 0.25) is 0 Å². The van der Waals surface area contributed by atoms with Crippen molar-refractivity contribution >= 4 is 21.6 Å². The number of nitrogens with zero attached hydrogens (tertiary/aromatic N) is 1. The number of hydrogen-bond acceptors (Lipinski definition) is 2. The predicted octanol–water partition coefficient (Wildman–Crippen LogP) is 3.55. The molecule has 1 fully saturated rings. The molecule has 1 aliphatic heterocycles. The molecule has 0 bridgehead atoms. The van der Waals surface area contributed by atoms with Gasteiger partial charge in [0.05, 0.1) is 0 Å². The lowest BCUT2D eigenvalue weighted by Crippen LogP contribution is -2.38. The van der Waals surface area contributed by atoms with Gasteiger partial charge in [-0.1, -0.05) is 22.0 Å². The Morgan fingerprint density at radius 3 is 2.76 bits per heavy atom. The molecule has 1 heterocycles. The van der Waals surface area contributed by atoms with Gasteiger partial charge in [0, 0.05) is 28.8 Å². The van der Waals surface area contributed by atoms with E-state index < -0.39 is 0 Å². The van der Waals surface area contributed by atoms with Crippen LogP contribution in [0.15, 0.2) is 22.7 Å². The average molecular weight is 297 g/mol. The van der Waals surface area contributed by atoms with E-state index in [4.69, 9.17) is 0 Å². The molecule has 0 aliphatic carbocycles. The second-order valence-electron chi connectivity index (χ2n) is 5.37. The fourth-order valence-corrected chi connectivity index (χ4v) is 3.03. The van der Waals surface area contributed by atoms with Crippen LogP contribution in [-0.4, -0.2) is 19.1 Å². The minimum atomic E-state index is 0.281. The van der Waals surface area contributed by atoms with Gasteiger partial charge in [0.25, 0.3) is 0 Å². The van der Waals surface area contributed by atoms with Crippen LogP contribution >= 0.6 is 15.9 Å². The summed E-state index contributed by atoms with van der Waals surface area (Å²) in [5, 5.41) is 3.25. The first-order valence-electron chi connectivity index (χ1n) is 6.25. The Balaban J connectivity index is 2.39. The highest BCUT2D eigenvalue weighted by molar-refractivity contribution is 9.10. The van der Waals surface area contributed by atoms with Crippen molar-refractivity contribution in [3.05, 3.63) is 28.2 Å². The second-order valence-corrected chi connectivity index (χ2v) is 6.29. The molecule has 1 N–H and O–H groups in total.